The third kappa shape index (κ3) is 6.50. The van der Waals surface area contributed by atoms with E-state index in [4.69, 9.17) is 15.9 Å². The van der Waals surface area contributed by atoms with E-state index in [2.05, 4.69) is 29.3 Å². The van der Waals surface area contributed by atoms with E-state index in [1.807, 2.05) is 4.91 Å². The molecular weight excluding hydrogens is 355 g/mol. The fourth-order valence-corrected chi connectivity index (χ4v) is 4.66. The van der Waals surface area contributed by atoms with Gasteiger partial charge in [-0.15, -0.1) is 0 Å². The normalized spacial score (nSPS) is 12.0. The molecule has 0 fully saturated rings. The van der Waals surface area contributed by atoms with Gasteiger partial charge in [-0.3, -0.25) is 0 Å². The number of nitriles is 1. The maximum atomic E-state index is 12.4. The number of nitrogens with zero attached hydrogens (tertiary/aromatic N) is 1. The van der Waals surface area contributed by atoms with Gasteiger partial charge in [0.05, 0.1) is 0 Å². The molecule has 0 atom stereocenters. The number of hydrogen-bond acceptors (Lipinski definition) is 5. The summed E-state index contributed by atoms with van der Waals surface area (Å²) in [4.78, 5) is 26.8. The number of ether oxygens (including phenoxy) is 2. The molecule has 0 spiro atoms. The van der Waals surface area contributed by atoms with Gasteiger partial charge in [0.25, 0.3) is 0 Å². The first kappa shape index (κ1) is 21.3. The van der Waals surface area contributed by atoms with Crippen molar-refractivity contribution in [3.8, 4) is 18.4 Å². The zero-order chi connectivity index (χ0) is 18.1. The summed E-state index contributed by atoms with van der Waals surface area (Å²) in [7, 11) is 0. The van der Waals surface area contributed by atoms with E-state index >= 15 is 0 Å². The van der Waals surface area contributed by atoms with Crippen LogP contribution in [-0.2, 0) is 19.1 Å². The Morgan fingerprint density at radius 3 is 1.96 bits per heavy atom. The second-order valence-electron chi connectivity index (χ2n) is 6.23. The van der Waals surface area contributed by atoms with Crippen molar-refractivity contribution in [2.24, 2.45) is 5.41 Å². The van der Waals surface area contributed by atoms with Crippen LogP contribution in [0.15, 0.2) is 10.5 Å². The van der Waals surface area contributed by atoms with E-state index in [9.17, 15) is 14.9 Å². The summed E-state index contributed by atoms with van der Waals surface area (Å²) in [6.07, 6.45) is 5.12. The van der Waals surface area contributed by atoms with Gasteiger partial charge < -0.3 is 0 Å². The van der Waals surface area contributed by atoms with Gasteiger partial charge in [-0.25, -0.2) is 0 Å². The van der Waals surface area contributed by atoms with Crippen LogP contribution in [0.25, 0.3) is 0 Å². The van der Waals surface area contributed by atoms with Gasteiger partial charge in [0.15, 0.2) is 0 Å². The summed E-state index contributed by atoms with van der Waals surface area (Å²) in [5.74, 6) is 7.20. The van der Waals surface area contributed by atoms with Crippen LogP contribution in [0.1, 0.15) is 26.7 Å². The third-order valence-electron chi connectivity index (χ3n) is 2.98. The zero-order valence-corrected chi connectivity index (χ0v) is 16.7. The third-order valence-corrected chi connectivity index (χ3v) is 5.53. The van der Waals surface area contributed by atoms with Crippen molar-refractivity contribution < 1.29 is 19.1 Å². The van der Waals surface area contributed by atoms with Crippen LogP contribution < -0.4 is 0 Å². The average molecular weight is 380 g/mol. The predicted molar refractivity (Wildman–Crippen MR) is 90.8 cm³/mol. The van der Waals surface area contributed by atoms with Crippen LogP contribution >= 0.6 is 0 Å². The Hall–Kier alpha value is -1.73. The molecule has 0 aliphatic carbocycles. The van der Waals surface area contributed by atoms with E-state index in [0.29, 0.717) is 5.57 Å². The molecule has 0 unspecified atom stereocenters. The van der Waals surface area contributed by atoms with Crippen LogP contribution in [0, 0.1) is 29.1 Å². The predicted octanol–water partition coefficient (Wildman–Crippen LogP) is 2.84. The molecule has 0 aromatic rings. The fourth-order valence-electron chi connectivity index (χ4n) is 2.12. The van der Waals surface area contributed by atoms with Gasteiger partial charge in [0.2, 0.25) is 0 Å². The number of hydrogen-bond donors (Lipinski definition) is 0. The van der Waals surface area contributed by atoms with Crippen molar-refractivity contribution in [2.75, 3.05) is 13.2 Å². The van der Waals surface area contributed by atoms with E-state index in [1.165, 1.54) is 0 Å². The summed E-state index contributed by atoms with van der Waals surface area (Å²) >= 11 is -2.21. The number of carbonyl (C=O) groups excluding carboxylic acids is 2. The van der Waals surface area contributed by atoms with Crippen molar-refractivity contribution in [1.29, 1.82) is 5.26 Å². The molecule has 0 aromatic heterocycles. The van der Waals surface area contributed by atoms with Crippen LogP contribution in [0.5, 0.6) is 0 Å². The molecule has 0 heterocycles. The zero-order valence-electron chi connectivity index (χ0n) is 14.6. The van der Waals surface area contributed by atoms with E-state index < -0.39 is 30.6 Å². The molecule has 23 heavy (non-hydrogen) atoms. The molecule has 126 valence electrons. The first-order chi connectivity index (χ1) is 10.7. The SMILES string of the molecule is C#CCC(C/C(C#N)=[CH]/[Ge]([CH3])([CH3])[CH3])(C(=O)OCC)C(=O)OCC. The van der Waals surface area contributed by atoms with Gasteiger partial charge >= 0.3 is 141 Å². The second-order valence-corrected chi connectivity index (χ2v) is 16.8. The Morgan fingerprint density at radius 1 is 1.17 bits per heavy atom. The summed E-state index contributed by atoms with van der Waals surface area (Å²) < 4.78 is 10.1. The Labute approximate surface area is 141 Å². The summed E-state index contributed by atoms with van der Waals surface area (Å²) in [6.45, 7) is 3.53. The van der Waals surface area contributed by atoms with Gasteiger partial charge in [0, 0.05) is 0 Å². The van der Waals surface area contributed by atoms with E-state index in [1.54, 1.807) is 13.8 Å². The molecular formula is C17H25GeNO4. The first-order valence-corrected chi connectivity index (χ1v) is 15.1. The second kappa shape index (κ2) is 9.42. The van der Waals surface area contributed by atoms with Crippen LogP contribution in [0.4, 0.5) is 0 Å². The number of esters is 2. The Kier molecular flexibility index (Phi) is 8.71. The van der Waals surface area contributed by atoms with Crippen molar-refractivity contribution in [1.82, 2.24) is 0 Å². The molecule has 0 saturated carbocycles. The molecule has 0 amide bonds. The van der Waals surface area contributed by atoms with Crippen molar-refractivity contribution in [3.05, 3.63) is 10.5 Å². The first-order valence-electron chi connectivity index (χ1n) is 7.56. The van der Waals surface area contributed by atoms with Gasteiger partial charge in [-0.2, -0.15) is 0 Å². The molecule has 6 heteroatoms. The standard InChI is InChI=1S/C17H25GeNO4/c1-7-10-17(15(20)22-8-2,16(21)23-9-3)11-14(13-19)12-18(4,5)6/h1,12H,8-11H2,2-6H3/b14-12-. The van der Waals surface area contributed by atoms with Crippen molar-refractivity contribution in [2.45, 2.75) is 44.0 Å². The minimum atomic E-state index is -2.21. The van der Waals surface area contributed by atoms with Gasteiger partial charge in [-0.05, 0) is 0 Å². The van der Waals surface area contributed by atoms with Gasteiger partial charge in [0.1, 0.15) is 0 Å². The molecule has 0 N–H and O–H groups in total. The van der Waals surface area contributed by atoms with E-state index in [0.717, 1.165) is 0 Å². The molecule has 0 aliphatic heterocycles. The maximum absolute atomic E-state index is 12.4. The Balaban J connectivity index is 5.96. The number of allylic oxidation sites excluding steroid dienone is 1. The summed E-state index contributed by atoms with van der Waals surface area (Å²) in [6, 6.07) is 2.09. The topological polar surface area (TPSA) is 76.4 Å². The molecule has 0 saturated heterocycles. The minimum absolute atomic E-state index is 0.0894. The molecule has 5 nitrogen and oxygen atoms in total. The van der Waals surface area contributed by atoms with E-state index in [-0.39, 0.29) is 26.1 Å². The van der Waals surface area contributed by atoms with Crippen molar-refractivity contribution in [3.63, 3.8) is 0 Å². The molecule has 0 bridgehead atoms. The number of terminal acetylenes is 1. The fraction of sp³-hybridized carbons (Fsp3) is 0.588. The molecule has 0 rings (SSSR count). The summed E-state index contributed by atoms with van der Waals surface area (Å²) in [5.41, 5.74) is -1.27. The molecule has 0 aromatic carbocycles. The summed E-state index contributed by atoms with van der Waals surface area (Å²) in [5, 5.41) is 9.40. The van der Waals surface area contributed by atoms with Crippen LogP contribution in [0.2, 0.25) is 17.3 Å². The average Bonchev–Trinajstić information content (AvgIpc) is 2.44. The molecule has 0 aliphatic rings. The Bertz CT molecular complexity index is 528. The number of carbonyl (C=O) groups is 2. The van der Waals surface area contributed by atoms with Crippen LogP contribution in [0.3, 0.4) is 0 Å². The van der Waals surface area contributed by atoms with Crippen LogP contribution in [-0.4, -0.2) is 38.4 Å². The molecule has 0 radical (unpaired) electrons. The van der Waals surface area contributed by atoms with Crippen molar-refractivity contribution >= 4 is 25.2 Å². The monoisotopic (exact) mass is 381 g/mol. The Morgan fingerprint density at radius 2 is 1.65 bits per heavy atom. The number of rotatable bonds is 8. The van der Waals surface area contributed by atoms with Gasteiger partial charge in [-0.1, -0.05) is 0 Å². The quantitative estimate of drug-likeness (QED) is 0.213.